The predicted molar refractivity (Wildman–Crippen MR) is 131 cm³/mol. The minimum atomic E-state index is -1.21. The van der Waals surface area contributed by atoms with E-state index in [0.717, 1.165) is 5.56 Å². The van der Waals surface area contributed by atoms with Crippen LogP contribution in [0.15, 0.2) is 42.5 Å². The molecule has 34 heavy (non-hydrogen) atoms. The fraction of sp³-hybridized carbons (Fsp3) is 0.462. The molecule has 2 rings (SSSR count). The lowest BCUT2D eigenvalue weighted by molar-refractivity contribution is -0.152. The van der Waals surface area contributed by atoms with Crippen LogP contribution in [0.3, 0.4) is 0 Å². The lowest BCUT2D eigenvalue weighted by atomic mass is 9.82. The third kappa shape index (κ3) is 8.29. The number of carboxylic acid groups (broad SMARTS) is 1. The molecule has 2 N–H and O–H groups in total. The average Bonchev–Trinajstić information content (AvgIpc) is 2.73. The smallest absolute Gasteiger partial charge is 0.407 e. The van der Waals surface area contributed by atoms with Crippen molar-refractivity contribution in [2.45, 2.75) is 59.1 Å². The maximum Gasteiger partial charge on any atom is 0.407 e. The highest BCUT2D eigenvalue weighted by Gasteiger charge is 2.37. The second kappa shape index (κ2) is 11.7. The Morgan fingerprint density at radius 2 is 1.76 bits per heavy atom. The molecule has 0 radical (unpaired) electrons. The van der Waals surface area contributed by atoms with Crippen molar-refractivity contribution in [3.63, 3.8) is 0 Å². The van der Waals surface area contributed by atoms with Crippen LogP contribution in [0.4, 0.5) is 9.18 Å². The summed E-state index contributed by atoms with van der Waals surface area (Å²) in [6.45, 7) is 9.05. The molecule has 2 aromatic rings. The Bertz CT molecular complexity index is 990. The zero-order chi connectivity index (χ0) is 25.5. The number of halogens is 2. The summed E-state index contributed by atoms with van der Waals surface area (Å²) in [5.74, 6) is -1.39. The molecule has 6 nitrogen and oxygen atoms in total. The van der Waals surface area contributed by atoms with Gasteiger partial charge in [-0.05, 0) is 76.8 Å². The van der Waals surface area contributed by atoms with Gasteiger partial charge in [0.05, 0.1) is 12.0 Å². The van der Waals surface area contributed by atoms with Crippen LogP contribution in [-0.2, 0) is 20.7 Å². The Balaban J connectivity index is 2.26. The highest BCUT2D eigenvalue weighted by molar-refractivity contribution is 6.30. The summed E-state index contributed by atoms with van der Waals surface area (Å²) in [5, 5.41) is 13.1. The zero-order valence-corrected chi connectivity index (χ0v) is 21.0. The van der Waals surface area contributed by atoms with Gasteiger partial charge >= 0.3 is 12.1 Å². The van der Waals surface area contributed by atoms with Gasteiger partial charge in [-0.3, -0.25) is 4.79 Å². The van der Waals surface area contributed by atoms with Crippen LogP contribution < -0.4 is 5.32 Å². The normalized spacial score (nSPS) is 14.2. The maximum absolute atomic E-state index is 14.2. The molecule has 2 atom stereocenters. The van der Waals surface area contributed by atoms with Gasteiger partial charge in [-0.15, -0.1) is 0 Å². The number of alkyl carbamates (subject to hydrolysis) is 1. The molecule has 0 aliphatic carbocycles. The fourth-order valence-corrected chi connectivity index (χ4v) is 3.72. The van der Waals surface area contributed by atoms with E-state index in [0.29, 0.717) is 29.2 Å². The Hall–Kier alpha value is -2.64. The monoisotopic (exact) mass is 493 g/mol. The lowest BCUT2D eigenvalue weighted by Gasteiger charge is -2.30. The molecule has 0 aromatic heterocycles. The van der Waals surface area contributed by atoms with Crippen molar-refractivity contribution in [3.05, 3.63) is 58.9 Å². The van der Waals surface area contributed by atoms with Crippen LogP contribution in [0.25, 0.3) is 11.1 Å². The fourth-order valence-electron chi connectivity index (χ4n) is 3.55. The number of carbonyl (C=O) groups is 2. The molecular formula is C26H33ClFNO5. The summed E-state index contributed by atoms with van der Waals surface area (Å²) in [4.78, 5) is 24.5. The van der Waals surface area contributed by atoms with E-state index < -0.39 is 29.1 Å². The summed E-state index contributed by atoms with van der Waals surface area (Å²) in [5.41, 5.74) is -0.0145. The average molecular weight is 494 g/mol. The summed E-state index contributed by atoms with van der Waals surface area (Å²) in [6.07, 6.45) is -0.141. The van der Waals surface area contributed by atoms with Gasteiger partial charge in [-0.2, -0.15) is 0 Å². The second-order valence-electron chi connectivity index (χ2n) is 9.58. The first-order chi connectivity index (χ1) is 15.8. The number of ether oxygens (including phenoxy) is 2. The zero-order valence-electron chi connectivity index (χ0n) is 20.3. The quantitative estimate of drug-likeness (QED) is 0.417. The largest absolute Gasteiger partial charge is 0.481 e. The topological polar surface area (TPSA) is 84.9 Å². The van der Waals surface area contributed by atoms with E-state index in [1.165, 1.54) is 12.1 Å². The molecular weight excluding hydrogens is 461 g/mol. The highest BCUT2D eigenvalue weighted by Crippen LogP contribution is 2.29. The number of benzene rings is 2. The number of carboxylic acids is 1. The molecule has 0 heterocycles. The highest BCUT2D eigenvalue weighted by atomic mass is 35.5. The van der Waals surface area contributed by atoms with E-state index in [9.17, 15) is 19.1 Å². The Labute approximate surface area is 205 Å². The van der Waals surface area contributed by atoms with Crippen LogP contribution in [-0.4, -0.2) is 42.0 Å². The van der Waals surface area contributed by atoms with Crippen molar-refractivity contribution in [1.29, 1.82) is 0 Å². The number of hydrogen-bond donors (Lipinski definition) is 2. The first kappa shape index (κ1) is 27.6. The molecule has 0 aliphatic heterocycles. The van der Waals surface area contributed by atoms with Crippen LogP contribution in [0.1, 0.15) is 46.6 Å². The lowest BCUT2D eigenvalue weighted by Crippen LogP contribution is -2.46. The standard InChI is InChI=1S/C26H33ClFNO5/c1-6-33-16-26(5,23(30)31)15-20(29-24(32)34-25(2,3)4)13-17-7-9-18(10-8-17)21-14-19(27)11-12-22(21)28/h7-12,14,20H,6,13,15-16H2,1-5H3,(H,29,32)(H,30,31)/t20-,26?/m1/s1. The Kier molecular flexibility index (Phi) is 9.47. The van der Waals surface area contributed by atoms with Crippen LogP contribution in [0, 0.1) is 11.2 Å². The van der Waals surface area contributed by atoms with Crippen molar-refractivity contribution >= 4 is 23.7 Å². The summed E-state index contributed by atoms with van der Waals surface area (Å²) in [6, 6.07) is 11.0. The number of carbonyl (C=O) groups excluding carboxylic acids is 1. The molecule has 0 spiro atoms. The third-order valence-electron chi connectivity index (χ3n) is 5.23. The maximum atomic E-state index is 14.2. The minimum absolute atomic E-state index is 0.0122. The number of amides is 1. The number of rotatable bonds is 10. The second-order valence-corrected chi connectivity index (χ2v) is 10.0. The van der Waals surface area contributed by atoms with Crippen molar-refractivity contribution in [2.24, 2.45) is 5.41 Å². The molecule has 1 unspecified atom stereocenters. The number of nitrogens with one attached hydrogen (secondary N) is 1. The molecule has 8 heteroatoms. The van der Waals surface area contributed by atoms with Crippen molar-refractivity contribution in [3.8, 4) is 11.1 Å². The molecule has 0 saturated carbocycles. The predicted octanol–water partition coefficient (Wildman–Crippen LogP) is 6.10. The molecule has 0 bridgehead atoms. The first-order valence-corrected chi connectivity index (χ1v) is 11.6. The van der Waals surface area contributed by atoms with Gasteiger partial charge in [0, 0.05) is 23.2 Å². The van der Waals surface area contributed by atoms with Gasteiger partial charge < -0.3 is 19.9 Å². The Morgan fingerprint density at radius 1 is 1.12 bits per heavy atom. The van der Waals surface area contributed by atoms with Crippen LogP contribution >= 0.6 is 11.6 Å². The minimum Gasteiger partial charge on any atom is -0.481 e. The summed E-state index contributed by atoms with van der Waals surface area (Å²) < 4.78 is 25.0. The molecule has 2 aromatic carbocycles. The van der Waals surface area contributed by atoms with Gasteiger partial charge in [0.2, 0.25) is 0 Å². The van der Waals surface area contributed by atoms with Crippen molar-refractivity contribution < 1.29 is 28.6 Å². The molecule has 1 amide bonds. The summed E-state index contributed by atoms with van der Waals surface area (Å²) >= 11 is 6.01. The van der Waals surface area contributed by atoms with Gasteiger partial charge in [-0.1, -0.05) is 35.9 Å². The summed E-state index contributed by atoms with van der Waals surface area (Å²) in [7, 11) is 0. The van der Waals surface area contributed by atoms with E-state index in [4.69, 9.17) is 21.1 Å². The van der Waals surface area contributed by atoms with E-state index >= 15 is 0 Å². The van der Waals surface area contributed by atoms with E-state index in [2.05, 4.69) is 5.32 Å². The van der Waals surface area contributed by atoms with Crippen molar-refractivity contribution in [2.75, 3.05) is 13.2 Å². The van der Waals surface area contributed by atoms with Crippen LogP contribution in [0.2, 0.25) is 5.02 Å². The van der Waals surface area contributed by atoms with Crippen molar-refractivity contribution in [1.82, 2.24) is 5.32 Å². The SMILES string of the molecule is CCOCC(C)(C[C@@H](Cc1ccc(-c2cc(Cl)ccc2F)cc1)NC(=O)OC(C)(C)C)C(=O)O. The third-order valence-corrected chi connectivity index (χ3v) is 5.47. The molecule has 0 aliphatic rings. The van der Waals surface area contributed by atoms with E-state index in [1.807, 2.05) is 12.1 Å². The van der Waals surface area contributed by atoms with E-state index in [-0.39, 0.29) is 18.8 Å². The molecule has 186 valence electrons. The molecule has 0 fully saturated rings. The van der Waals surface area contributed by atoms with Crippen LogP contribution in [0.5, 0.6) is 0 Å². The van der Waals surface area contributed by atoms with Gasteiger partial charge in [-0.25, -0.2) is 9.18 Å². The first-order valence-electron chi connectivity index (χ1n) is 11.2. The van der Waals surface area contributed by atoms with E-state index in [1.54, 1.807) is 52.8 Å². The Morgan fingerprint density at radius 3 is 2.32 bits per heavy atom. The number of aliphatic carboxylic acids is 1. The van der Waals surface area contributed by atoms with Gasteiger partial charge in [0.1, 0.15) is 11.4 Å². The number of hydrogen-bond acceptors (Lipinski definition) is 4. The van der Waals surface area contributed by atoms with Gasteiger partial charge in [0.15, 0.2) is 0 Å². The van der Waals surface area contributed by atoms with Gasteiger partial charge in [0.25, 0.3) is 0 Å². The molecule has 0 saturated heterocycles.